The molecule has 4 heteroatoms. The third-order valence-corrected chi connectivity index (χ3v) is 2.94. The molecule has 0 atom stereocenters. The van der Waals surface area contributed by atoms with Crippen LogP contribution in [-0.2, 0) is 9.59 Å². The fourth-order valence-electron chi connectivity index (χ4n) is 1.66. The molecule has 0 unspecified atom stereocenters. The molecule has 1 amide bonds. The van der Waals surface area contributed by atoms with Gasteiger partial charge in [0.25, 0.3) is 5.91 Å². The molecule has 0 heterocycles. The summed E-state index contributed by atoms with van der Waals surface area (Å²) in [7, 11) is 0. The maximum Gasteiger partial charge on any atom is 0.291 e. The van der Waals surface area contributed by atoms with E-state index in [4.69, 9.17) is 11.6 Å². The lowest BCUT2D eigenvalue weighted by Crippen LogP contribution is -2.19. The van der Waals surface area contributed by atoms with Crippen molar-refractivity contribution in [3.8, 4) is 11.1 Å². The molecular formula is C15H12ClNO2. The minimum absolute atomic E-state index is 0.505. The molecule has 0 radical (unpaired) electrons. The van der Waals surface area contributed by atoms with Crippen LogP contribution in [0.25, 0.3) is 11.1 Å². The van der Waals surface area contributed by atoms with E-state index in [1.165, 1.54) is 6.92 Å². The SMILES string of the molecule is CC(=O)C(=O)Nc1ccc(-c2ccccc2)c(Cl)c1. The van der Waals surface area contributed by atoms with Crippen LogP contribution < -0.4 is 5.32 Å². The first-order valence-corrected chi connectivity index (χ1v) is 6.12. The van der Waals surface area contributed by atoms with Gasteiger partial charge in [0, 0.05) is 18.2 Å². The summed E-state index contributed by atoms with van der Waals surface area (Å²) in [5.74, 6) is -1.19. The van der Waals surface area contributed by atoms with Gasteiger partial charge in [-0.2, -0.15) is 0 Å². The van der Waals surface area contributed by atoms with Crippen molar-refractivity contribution in [2.24, 2.45) is 0 Å². The molecular weight excluding hydrogens is 262 g/mol. The largest absolute Gasteiger partial charge is 0.319 e. The van der Waals surface area contributed by atoms with Crippen molar-refractivity contribution in [2.45, 2.75) is 6.92 Å². The second-order valence-corrected chi connectivity index (χ2v) is 4.48. The quantitative estimate of drug-likeness (QED) is 0.870. The van der Waals surface area contributed by atoms with Gasteiger partial charge in [-0.25, -0.2) is 0 Å². The number of Topliss-reactive ketones (excluding diaryl/α,β-unsaturated/α-hetero) is 1. The fourth-order valence-corrected chi connectivity index (χ4v) is 1.95. The summed E-state index contributed by atoms with van der Waals surface area (Å²) in [6.07, 6.45) is 0. The van der Waals surface area contributed by atoms with Crippen molar-refractivity contribution in [1.82, 2.24) is 0 Å². The van der Waals surface area contributed by atoms with Crippen molar-refractivity contribution in [2.75, 3.05) is 5.32 Å². The summed E-state index contributed by atoms with van der Waals surface area (Å²) in [5, 5.41) is 3.01. The lowest BCUT2D eigenvalue weighted by Gasteiger charge is -2.08. The van der Waals surface area contributed by atoms with Crippen LogP contribution in [0.1, 0.15) is 6.92 Å². The molecule has 1 N–H and O–H groups in total. The molecule has 0 aliphatic rings. The molecule has 2 rings (SSSR count). The van der Waals surface area contributed by atoms with Crippen LogP contribution in [0, 0.1) is 0 Å². The number of hydrogen-bond donors (Lipinski definition) is 1. The maximum atomic E-state index is 11.3. The molecule has 3 nitrogen and oxygen atoms in total. The summed E-state index contributed by atoms with van der Waals surface area (Å²) in [6, 6.07) is 14.9. The highest BCUT2D eigenvalue weighted by atomic mass is 35.5. The van der Waals surface area contributed by atoms with Crippen molar-refractivity contribution < 1.29 is 9.59 Å². The molecule has 0 aliphatic carbocycles. The number of benzene rings is 2. The number of carbonyl (C=O) groups is 2. The van der Waals surface area contributed by atoms with Gasteiger partial charge in [-0.15, -0.1) is 0 Å². The van der Waals surface area contributed by atoms with E-state index in [1.807, 2.05) is 36.4 Å². The topological polar surface area (TPSA) is 46.2 Å². The molecule has 0 fully saturated rings. The smallest absolute Gasteiger partial charge is 0.291 e. The molecule has 0 saturated carbocycles. The number of hydrogen-bond acceptors (Lipinski definition) is 2. The van der Waals surface area contributed by atoms with Crippen LogP contribution in [-0.4, -0.2) is 11.7 Å². The van der Waals surface area contributed by atoms with Crippen LogP contribution in [0.15, 0.2) is 48.5 Å². The maximum absolute atomic E-state index is 11.3. The molecule has 96 valence electrons. The first-order chi connectivity index (χ1) is 9.08. The average molecular weight is 274 g/mol. The van der Waals surface area contributed by atoms with Crippen LogP contribution in [0.5, 0.6) is 0 Å². The van der Waals surface area contributed by atoms with Gasteiger partial charge in [0.05, 0.1) is 5.02 Å². The van der Waals surface area contributed by atoms with E-state index in [9.17, 15) is 9.59 Å². The zero-order valence-corrected chi connectivity index (χ0v) is 11.1. The highest BCUT2D eigenvalue weighted by Crippen LogP contribution is 2.30. The van der Waals surface area contributed by atoms with Crippen molar-refractivity contribution in [3.63, 3.8) is 0 Å². The Balaban J connectivity index is 2.28. The summed E-state index contributed by atoms with van der Waals surface area (Å²) in [6.45, 7) is 1.22. The Morgan fingerprint density at radius 2 is 1.74 bits per heavy atom. The second kappa shape index (κ2) is 5.67. The number of carbonyl (C=O) groups excluding carboxylic acids is 2. The molecule has 0 saturated heterocycles. The monoisotopic (exact) mass is 273 g/mol. The number of amides is 1. The van der Waals surface area contributed by atoms with Gasteiger partial charge in [0.15, 0.2) is 0 Å². The number of ketones is 1. The Labute approximate surface area is 116 Å². The van der Waals surface area contributed by atoms with Crippen LogP contribution in [0.4, 0.5) is 5.69 Å². The first-order valence-electron chi connectivity index (χ1n) is 5.75. The standard InChI is InChI=1S/C15H12ClNO2/c1-10(18)15(19)17-12-7-8-13(14(16)9-12)11-5-3-2-4-6-11/h2-9H,1H3,(H,17,19). The van der Waals surface area contributed by atoms with Crippen LogP contribution in [0.3, 0.4) is 0 Å². The lowest BCUT2D eigenvalue weighted by molar-refractivity contribution is -0.133. The molecule has 2 aromatic carbocycles. The minimum atomic E-state index is -0.650. The Morgan fingerprint density at radius 1 is 1.05 bits per heavy atom. The highest BCUT2D eigenvalue weighted by molar-refractivity contribution is 6.40. The van der Waals surface area contributed by atoms with E-state index < -0.39 is 11.7 Å². The minimum Gasteiger partial charge on any atom is -0.319 e. The zero-order valence-electron chi connectivity index (χ0n) is 10.3. The van der Waals surface area contributed by atoms with E-state index in [2.05, 4.69) is 5.32 Å². The van der Waals surface area contributed by atoms with Gasteiger partial charge >= 0.3 is 0 Å². The van der Waals surface area contributed by atoms with E-state index in [0.717, 1.165) is 11.1 Å². The Morgan fingerprint density at radius 3 is 2.32 bits per heavy atom. The van der Waals surface area contributed by atoms with E-state index in [-0.39, 0.29) is 0 Å². The second-order valence-electron chi connectivity index (χ2n) is 4.07. The van der Waals surface area contributed by atoms with Crippen LogP contribution >= 0.6 is 11.6 Å². The van der Waals surface area contributed by atoms with Crippen molar-refractivity contribution in [3.05, 3.63) is 53.6 Å². The fraction of sp³-hybridized carbons (Fsp3) is 0.0667. The predicted molar refractivity (Wildman–Crippen MR) is 76.2 cm³/mol. The lowest BCUT2D eigenvalue weighted by atomic mass is 10.1. The Hall–Kier alpha value is -2.13. The summed E-state index contributed by atoms with van der Waals surface area (Å²) >= 11 is 6.19. The summed E-state index contributed by atoms with van der Waals surface area (Å²) in [5.41, 5.74) is 2.38. The molecule has 0 aliphatic heterocycles. The zero-order chi connectivity index (χ0) is 13.8. The normalized spacial score (nSPS) is 10.0. The van der Waals surface area contributed by atoms with E-state index in [0.29, 0.717) is 10.7 Å². The van der Waals surface area contributed by atoms with Crippen LogP contribution in [0.2, 0.25) is 5.02 Å². The number of anilines is 1. The van der Waals surface area contributed by atoms with Gasteiger partial charge < -0.3 is 5.32 Å². The van der Waals surface area contributed by atoms with Gasteiger partial charge in [-0.1, -0.05) is 48.0 Å². The van der Waals surface area contributed by atoms with Gasteiger partial charge in [-0.3, -0.25) is 9.59 Å². The predicted octanol–water partition coefficient (Wildman–Crippen LogP) is 3.53. The highest BCUT2D eigenvalue weighted by Gasteiger charge is 2.09. The number of rotatable bonds is 3. The summed E-state index contributed by atoms with van der Waals surface area (Å²) in [4.78, 5) is 22.2. The molecule has 0 spiro atoms. The van der Waals surface area contributed by atoms with Gasteiger partial charge in [0.2, 0.25) is 5.78 Å². The molecule has 19 heavy (non-hydrogen) atoms. The first kappa shape index (κ1) is 13.3. The van der Waals surface area contributed by atoms with E-state index >= 15 is 0 Å². The number of halogens is 1. The van der Waals surface area contributed by atoms with E-state index in [1.54, 1.807) is 12.1 Å². The number of nitrogens with one attached hydrogen (secondary N) is 1. The van der Waals surface area contributed by atoms with Gasteiger partial charge in [0.1, 0.15) is 0 Å². The van der Waals surface area contributed by atoms with Gasteiger partial charge in [-0.05, 0) is 17.7 Å². The average Bonchev–Trinajstić information content (AvgIpc) is 2.39. The van der Waals surface area contributed by atoms with Crippen molar-refractivity contribution >= 4 is 29.0 Å². The Bertz CT molecular complexity index is 623. The Kier molecular flexibility index (Phi) is 3.97. The van der Waals surface area contributed by atoms with Crippen molar-refractivity contribution in [1.29, 1.82) is 0 Å². The molecule has 2 aromatic rings. The third kappa shape index (κ3) is 3.20. The molecule has 0 aromatic heterocycles. The third-order valence-electron chi connectivity index (χ3n) is 2.63. The summed E-state index contributed by atoms with van der Waals surface area (Å²) < 4.78 is 0. The molecule has 0 bridgehead atoms.